The molecule has 16 heavy (non-hydrogen) atoms. The van der Waals surface area contributed by atoms with Gasteiger partial charge in [-0.05, 0) is 0 Å². The minimum Gasteiger partial charge on any atom is -0.303 e. The largest absolute Gasteiger partial charge is 0.692 e. The standard InChI is InChI=1S/CH6N2O2S.CH5O4P.HO3P/c1-3-6(2,4)5;1-5-6(2,3)4;1-4(2)3/h3H,1H3,(H2,2,4,5);1H3,(H2,2,3,4);(H-,1,2,3)/p+1. The van der Waals surface area contributed by atoms with E-state index in [0.717, 1.165) is 7.11 Å². The molecule has 0 bridgehead atoms. The van der Waals surface area contributed by atoms with Crippen LogP contribution in [0.1, 0.15) is 0 Å². The Bertz CT molecular complexity index is 316. The van der Waals surface area contributed by atoms with Crippen LogP contribution in [0.3, 0.4) is 0 Å². The van der Waals surface area contributed by atoms with Crippen LogP contribution in [-0.4, -0.2) is 42.1 Å². The third-order valence-corrected chi connectivity index (χ3v) is 1.57. The van der Waals surface area contributed by atoms with E-state index in [0.29, 0.717) is 0 Å². The van der Waals surface area contributed by atoms with Gasteiger partial charge in [0.15, 0.2) is 0 Å². The van der Waals surface area contributed by atoms with Crippen molar-refractivity contribution in [1.29, 1.82) is 0 Å². The highest BCUT2D eigenvalue weighted by molar-refractivity contribution is 7.87. The van der Waals surface area contributed by atoms with E-state index in [1.165, 1.54) is 7.05 Å². The Morgan fingerprint density at radius 3 is 1.50 bits per heavy atom. The minimum absolute atomic E-state index is 0.945. The first-order chi connectivity index (χ1) is 6.85. The predicted molar refractivity (Wildman–Crippen MR) is 53.3 cm³/mol. The first-order valence-electron chi connectivity index (χ1n) is 3.03. The van der Waals surface area contributed by atoms with Gasteiger partial charge in [-0.1, -0.05) is 0 Å². The Labute approximate surface area is 92.6 Å². The molecule has 0 aliphatic carbocycles. The predicted octanol–water partition coefficient (Wildman–Crippen LogP) is -2.24. The fourth-order valence-electron chi connectivity index (χ4n) is 0. The lowest BCUT2D eigenvalue weighted by molar-refractivity contribution is 0.235. The van der Waals surface area contributed by atoms with E-state index >= 15 is 0 Å². The summed E-state index contributed by atoms with van der Waals surface area (Å²) in [6, 6.07) is 0. The third-order valence-electron chi connectivity index (χ3n) is 0.522. The lowest BCUT2D eigenvalue weighted by Crippen LogP contribution is -2.26. The molecule has 0 aromatic carbocycles. The van der Waals surface area contributed by atoms with Crippen LogP contribution in [0.5, 0.6) is 0 Å². The fraction of sp³-hybridized carbons (Fsp3) is 1.00. The third kappa shape index (κ3) is 65.7. The van der Waals surface area contributed by atoms with Crippen molar-refractivity contribution in [1.82, 2.24) is 4.72 Å². The van der Waals surface area contributed by atoms with Crippen molar-refractivity contribution >= 4 is 26.3 Å². The van der Waals surface area contributed by atoms with Crippen LogP contribution in [0.25, 0.3) is 0 Å². The van der Waals surface area contributed by atoms with E-state index < -0.39 is 26.3 Å². The number of hydrogen-bond donors (Lipinski definition) is 6. The van der Waals surface area contributed by atoms with Crippen molar-refractivity contribution in [2.75, 3.05) is 14.2 Å². The molecule has 100 valence electrons. The Hall–Kier alpha value is -0.0000000000000000416. The zero-order chi connectivity index (χ0) is 14.0. The van der Waals surface area contributed by atoms with Crippen LogP contribution in [-0.2, 0) is 23.9 Å². The van der Waals surface area contributed by atoms with E-state index in [-0.39, 0.29) is 0 Å². The molecule has 0 unspecified atom stereocenters. The second kappa shape index (κ2) is 10.2. The summed E-state index contributed by atoms with van der Waals surface area (Å²) in [5, 5.41) is 4.40. The smallest absolute Gasteiger partial charge is 0.303 e. The summed E-state index contributed by atoms with van der Waals surface area (Å²) < 4.78 is 43.0. The molecule has 0 radical (unpaired) electrons. The lowest BCUT2D eigenvalue weighted by Gasteiger charge is -1.93. The molecule has 0 saturated heterocycles. The summed E-state index contributed by atoms with van der Waals surface area (Å²) in [6.07, 6.45) is 0. The van der Waals surface area contributed by atoms with E-state index in [1.54, 1.807) is 0 Å². The highest BCUT2D eigenvalue weighted by atomic mass is 32.2. The summed E-state index contributed by atoms with van der Waals surface area (Å²) in [5.41, 5.74) is 0. The summed E-state index contributed by atoms with van der Waals surface area (Å²) in [5.74, 6) is 0. The van der Waals surface area contributed by atoms with Crippen molar-refractivity contribution in [3.8, 4) is 0 Å². The Morgan fingerprint density at radius 2 is 1.50 bits per heavy atom. The maximum absolute atomic E-state index is 9.67. The van der Waals surface area contributed by atoms with Gasteiger partial charge in [0, 0.05) is 18.7 Å². The van der Waals surface area contributed by atoms with Crippen LogP contribution in [0.15, 0.2) is 0 Å². The number of phosphoric ester groups is 1. The normalized spacial score (nSPS) is 10.4. The van der Waals surface area contributed by atoms with Crippen molar-refractivity contribution in [3.05, 3.63) is 0 Å². The molecule has 0 aromatic rings. The van der Waals surface area contributed by atoms with Crippen LogP contribution >= 0.6 is 16.1 Å². The van der Waals surface area contributed by atoms with Gasteiger partial charge in [-0.2, -0.15) is 8.42 Å². The van der Waals surface area contributed by atoms with Gasteiger partial charge in [0.05, 0.1) is 0 Å². The summed E-state index contributed by atoms with van der Waals surface area (Å²) in [6.45, 7) is 0. The van der Waals surface area contributed by atoms with Crippen molar-refractivity contribution in [3.63, 3.8) is 0 Å². The molecule has 0 fully saturated rings. The Morgan fingerprint density at radius 1 is 1.38 bits per heavy atom. The van der Waals surface area contributed by atoms with E-state index in [1.807, 2.05) is 4.72 Å². The molecule has 14 heteroatoms. The molecule has 0 aliphatic rings. The van der Waals surface area contributed by atoms with Gasteiger partial charge in [0.1, 0.15) is 0 Å². The molecule has 0 rings (SSSR count). The summed E-state index contributed by atoms with van der Waals surface area (Å²) in [4.78, 5) is 29.7. The maximum atomic E-state index is 9.67. The Kier molecular flexibility index (Phi) is 13.5. The number of phosphoric acid groups is 1. The number of hydrogen-bond acceptors (Lipinski definition) is 5. The fourth-order valence-corrected chi connectivity index (χ4v) is 0. The second-order valence-corrected chi connectivity index (χ2v) is 5.03. The van der Waals surface area contributed by atoms with Crippen molar-refractivity contribution < 1.29 is 41.6 Å². The first kappa shape index (κ1) is 21.3. The molecule has 0 spiro atoms. The first-order valence-corrected chi connectivity index (χ1v) is 7.27. The van der Waals surface area contributed by atoms with E-state index in [9.17, 15) is 13.0 Å². The van der Waals surface area contributed by atoms with E-state index in [2.05, 4.69) is 9.66 Å². The zero-order valence-electron chi connectivity index (χ0n) is 8.21. The van der Waals surface area contributed by atoms with Crippen LogP contribution < -0.4 is 9.86 Å². The van der Waals surface area contributed by atoms with Crippen LogP contribution in [0, 0.1) is 0 Å². The highest BCUT2D eigenvalue weighted by Gasteiger charge is 2.07. The molecular weight excluding hydrogens is 290 g/mol. The average Bonchev–Trinajstić information content (AvgIpc) is 2.02. The van der Waals surface area contributed by atoms with Crippen molar-refractivity contribution in [2.24, 2.45) is 5.14 Å². The van der Waals surface area contributed by atoms with Crippen molar-refractivity contribution in [2.45, 2.75) is 0 Å². The molecule has 0 atom stereocenters. The molecule has 0 saturated carbocycles. The number of nitrogens with one attached hydrogen (secondary N) is 1. The minimum atomic E-state index is -4.15. The van der Waals surface area contributed by atoms with E-state index in [4.69, 9.17) is 24.1 Å². The van der Waals surface area contributed by atoms with Gasteiger partial charge >= 0.3 is 16.1 Å². The molecule has 0 aliphatic heterocycles. The van der Waals surface area contributed by atoms with Crippen LogP contribution in [0.4, 0.5) is 0 Å². The Balaban J connectivity index is -0.000000162. The van der Waals surface area contributed by atoms with Gasteiger partial charge in [0.25, 0.3) is 10.2 Å². The molecule has 7 N–H and O–H groups in total. The topological polar surface area (TPSA) is 196 Å². The van der Waals surface area contributed by atoms with Gasteiger partial charge in [-0.15, -0.1) is 9.79 Å². The maximum Gasteiger partial charge on any atom is 0.692 e. The van der Waals surface area contributed by atoms with Gasteiger partial charge in [-0.3, -0.25) is 4.52 Å². The van der Waals surface area contributed by atoms with Gasteiger partial charge in [-0.25, -0.2) is 14.4 Å². The molecule has 0 amide bonds. The summed E-state index contributed by atoms with van der Waals surface area (Å²) >= 11 is 0. The molecule has 0 aromatic heterocycles. The average molecular weight is 303 g/mol. The second-order valence-electron chi connectivity index (χ2n) is 1.68. The lowest BCUT2D eigenvalue weighted by atomic mass is 11.6. The number of rotatable bonds is 2. The molecular formula is C2H13N2O9P2S+. The zero-order valence-corrected chi connectivity index (χ0v) is 10.8. The number of nitrogens with two attached hydrogens (primary N) is 1. The highest BCUT2D eigenvalue weighted by Crippen LogP contribution is 2.33. The molecule has 0 heterocycles. The molecule has 11 nitrogen and oxygen atoms in total. The SMILES string of the molecule is CNS(N)(=O)=O.COP(=O)(O)O.O=[P+](O)O. The monoisotopic (exact) mass is 303 g/mol. The van der Waals surface area contributed by atoms with Crippen LogP contribution in [0.2, 0.25) is 0 Å². The van der Waals surface area contributed by atoms with Gasteiger partial charge in [0.2, 0.25) is 0 Å². The van der Waals surface area contributed by atoms with Gasteiger partial charge < -0.3 is 9.79 Å². The quantitative estimate of drug-likeness (QED) is 0.305. The summed E-state index contributed by atoms with van der Waals surface area (Å²) in [7, 11) is -8.24.